The van der Waals surface area contributed by atoms with Crippen molar-refractivity contribution in [2.24, 2.45) is 5.73 Å². The molecule has 3 N–H and O–H groups in total. The number of nitrogens with two attached hydrogens (primary N) is 1. The van der Waals surface area contributed by atoms with Crippen LogP contribution < -0.4 is 11.1 Å². The molecular formula is C16H20N2OS2. The molecule has 0 spiro atoms. The minimum atomic E-state index is -0.0557. The highest BCUT2D eigenvalue weighted by Gasteiger charge is 2.20. The van der Waals surface area contributed by atoms with Gasteiger partial charge in [-0.15, -0.1) is 23.1 Å². The summed E-state index contributed by atoms with van der Waals surface area (Å²) in [5, 5.41) is 5.13. The molecule has 1 aromatic carbocycles. The Hall–Kier alpha value is -1.30. The van der Waals surface area contributed by atoms with Crippen molar-refractivity contribution in [2.75, 3.05) is 5.32 Å². The molecule has 21 heavy (non-hydrogen) atoms. The summed E-state index contributed by atoms with van der Waals surface area (Å²) in [6.07, 6.45) is 0.944. The maximum atomic E-state index is 11.0. The summed E-state index contributed by atoms with van der Waals surface area (Å²) < 4.78 is 0. The molecule has 0 bridgehead atoms. The highest BCUT2D eigenvalue weighted by atomic mass is 32.2. The molecule has 0 saturated heterocycles. The summed E-state index contributed by atoms with van der Waals surface area (Å²) in [5.41, 5.74) is 7.10. The zero-order valence-electron chi connectivity index (χ0n) is 12.2. The monoisotopic (exact) mass is 320 g/mol. The molecule has 1 amide bonds. The van der Waals surface area contributed by atoms with Gasteiger partial charge in [-0.05, 0) is 42.1 Å². The third-order valence-electron chi connectivity index (χ3n) is 3.12. The van der Waals surface area contributed by atoms with Crippen LogP contribution in [-0.4, -0.2) is 11.9 Å². The lowest BCUT2D eigenvalue weighted by molar-refractivity contribution is -0.114. The standard InChI is InChI=1S/C16H20N2OS2/c1-3-14(17)16(15-5-4-10-20-15)21-13-8-6-12(7-9-13)18-11(2)19/h4-10,14,16H,3,17H2,1-2H3,(H,18,19). The van der Waals surface area contributed by atoms with Crippen LogP contribution in [0.3, 0.4) is 0 Å². The van der Waals surface area contributed by atoms with Gasteiger partial charge in [-0.3, -0.25) is 4.79 Å². The molecule has 1 heterocycles. The van der Waals surface area contributed by atoms with Crippen LogP contribution in [0.4, 0.5) is 5.69 Å². The van der Waals surface area contributed by atoms with Crippen LogP contribution in [0, 0.1) is 0 Å². The molecular weight excluding hydrogens is 300 g/mol. The second-order valence-electron chi connectivity index (χ2n) is 4.83. The first kappa shape index (κ1) is 16.1. The van der Waals surface area contributed by atoms with Crippen molar-refractivity contribution in [1.29, 1.82) is 0 Å². The topological polar surface area (TPSA) is 55.1 Å². The van der Waals surface area contributed by atoms with Crippen molar-refractivity contribution < 1.29 is 4.79 Å². The normalized spacial score (nSPS) is 13.7. The first-order valence-corrected chi connectivity index (χ1v) is 8.69. The van der Waals surface area contributed by atoms with Crippen LogP contribution in [0.15, 0.2) is 46.7 Å². The predicted octanol–water partition coefficient (Wildman–Crippen LogP) is 4.28. The largest absolute Gasteiger partial charge is 0.326 e. The molecule has 2 atom stereocenters. The van der Waals surface area contributed by atoms with Crippen LogP contribution in [0.1, 0.15) is 30.4 Å². The fourth-order valence-corrected chi connectivity index (χ4v) is 4.23. The Labute approximate surface area is 133 Å². The van der Waals surface area contributed by atoms with E-state index < -0.39 is 0 Å². The van der Waals surface area contributed by atoms with Crippen LogP contribution in [0.2, 0.25) is 0 Å². The van der Waals surface area contributed by atoms with E-state index in [-0.39, 0.29) is 17.2 Å². The van der Waals surface area contributed by atoms with Gasteiger partial charge in [-0.2, -0.15) is 0 Å². The zero-order chi connectivity index (χ0) is 15.2. The second kappa shape index (κ2) is 7.64. The summed E-state index contributed by atoms with van der Waals surface area (Å²) >= 11 is 3.53. The SMILES string of the molecule is CCC(N)C(Sc1ccc(NC(C)=O)cc1)c1cccs1. The molecule has 5 heteroatoms. The maximum absolute atomic E-state index is 11.0. The van der Waals surface area contributed by atoms with Crippen molar-refractivity contribution >= 4 is 34.7 Å². The van der Waals surface area contributed by atoms with Gasteiger partial charge in [0.25, 0.3) is 0 Å². The van der Waals surface area contributed by atoms with E-state index in [9.17, 15) is 4.79 Å². The van der Waals surface area contributed by atoms with Gasteiger partial charge in [-0.25, -0.2) is 0 Å². The number of amides is 1. The van der Waals surface area contributed by atoms with Crippen molar-refractivity contribution in [3.8, 4) is 0 Å². The minimum absolute atomic E-state index is 0.0557. The van der Waals surface area contributed by atoms with Crippen molar-refractivity contribution in [1.82, 2.24) is 0 Å². The average Bonchev–Trinajstić information content (AvgIpc) is 2.99. The van der Waals surface area contributed by atoms with Crippen LogP contribution >= 0.6 is 23.1 Å². The number of thiophene rings is 1. The van der Waals surface area contributed by atoms with E-state index in [2.05, 4.69) is 29.8 Å². The van der Waals surface area contributed by atoms with Crippen LogP contribution in [0.5, 0.6) is 0 Å². The number of hydrogen-bond donors (Lipinski definition) is 2. The first-order chi connectivity index (χ1) is 10.1. The molecule has 2 aromatic rings. The lowest BCUT2D eigenvalue weighted by atomic mass is 10.1. The zero-order valence-corrected chi connectivity index (χ0v) is 13.8. The Kier molecular flexibility index (Phi) is 5.85. The Balaban J connectivity index is 2.11. The molecule has 0 radical (unpaired) electrons. The summed E-state index contributed by atoms with van der Waals surface area (Å²) in [6, 6.07) is 12.2. The highest BCUT2D eigenvalue weighted by Crippen LogP contribution is 2.40. The van der Waals surface area contributed by atoms with Gasteiger partial charge < -0.3 is 11.1 Å². The van der Waals surface area contributed by atoms with Crippen molar-refractivity contribution in [3.05, 3.63) is 46.7 Å². The highest BCUT2D eigenvalue weighted by molar-refractivity contribution is 7.99. The Morgan fingerprint density at radius 2 is 2.05 bits per heavy atom. The molecule has 2 rings (SSSR count). The first-order valence-electron chi connectivity index (χ1n) is 6.93. The number of hydrogen-bond acceptors (Lipinski definition) is 4. The van der Waals surface area contributed by atoms with Gasteiger partial charge in [0.2, 0.25) is 5.91 Å². The Bertz CT molecular complexity index is 566. The molecule has 0 fully saturated rings. The number of carbonyl (C=O) groups is 1. The number of nitrogens with one attached hydrogen (secondary N) is 1. The lowest BCUT2D eigenvalue weighted by Gasteiger charge is -2.21. The van der Waals surface area contributed by atoms with Crippen molar-refractivity contribution in [3.63, 3.8) is 0 Å². The van der Waals surface area contributed by atoms with Gasteiger partial charge in [0.15, 0.2) is 0 Å². The fraction of sp³-hybridized carbons (Fsp3) is 0.312. The molecule has 0 aliphatic heterocycles. The molecule has 2 unspecified atom stereocenters. The smallest absolute Gasteiger partial charge is 0.221 e. The van der Waals surface area contributed by atoms with Crippen LogP contribution in [0.25, 0.3) is 0 Å². The fourth-order valence-electron chi connectivity index (χ4n) is 1.99. The third-order valence-corrected chi connectivity index (χ3v) is 5.63. The number of rotatable bonds is 6. The van der Waals surface area contributed by atoms with Gasteiger partial charge >= 0.3 is 0 Å². The van der Waals surface area contributed by atoms with E-state index in [0.717, 1.165) is 17.0 Å². The molecule has 0 saturated carbocycles. The maximum Gasteiger partial charge on any atom is 0.221 e. The van der Waals surface area contributed by atoms with Crippen LogP contribution in [-0.2, 0) is 4.79 Å². The summed E-state index contributed by atoms with van der Waals surface area (Å²) in [4.78, 5) is 13.5. The van der Waals surface area contributed by atoms with Gasteiger partial charge in [0, 0.05) is 28.4 Å². The number of benzene rings is 1. The number of anilines is 1. The summed E-state index contributed by atoms with van der Waals surface area (Å²) in [5.74, 6) is -0.0557. The van der Waals surface area contributed by atoms with Gasteiger partial charge in [-0.1, -0.05) is 13.0 Å². The quantitative estimate of drug-likeness (QED) is 0.781. The second-order valence-corrected chi connectivity index (χ2v) is 7.03. The van der Waals surface area contributed by atoms with E-state index >= 15 is 0 Å². The van der Waals surface area contributed by atoms with E-state index in [0.29, 0.717) is 0 Å². The average molecular weight is 320 g/mol. The summed E-state index contributed by atoms with van der Waals surface area (Å²) in [7, 11) is 0. The van der Waals surface area contributed by atoms with E-state index in [1.165, 1.54) is 11.8 Å². The third kappa shape index (κ3) is 4.59. The number of carbonyl (C=O) groups excluding carboxylic acids is 1. The molecule has 0 aliphatic carbocycles. The van der Waals surface area contributed by atoms with Gasteiger partial charge in [0.1, 0.15) is 0 Å². The van der Waals surface area contributed by atoms with E-state index in [4.69, 9.17) is 5.73 Å². The Morgan fingerprint density at radius 1 is 1.33 bits per heavy atom. The van der Waals surface area contributed by atoms with Crippen molar-refractivity contribution in [2.45, 2.75) is 36.5 Å². The number of thioether (sulfide) groups is 1. The minimum Gasteiger partial charge on any atom is -0.326 e. The Morgan fingerprint density at radius 3 is 2.57 bits per heavy atom. The summed E-state index contributed by atoms with van der Waals surface area (Å²) in [6.45, 7) is 3.63. The van der Waals surface area contributed by atoms with E-state index in [1.807, 2.05) is 24.3 Å². The molecule has 112 valence electrons. The van der Waals surface area contributed by atoms with E-state index in [1.54, 1.807) is 23.1 Å². The molecule has 0 aliphatic rings. The predicted molar refractivity (Wildman–Crippen MR) is 91.9 cm³/mol. The molecule has 1 aromatic heterocycles. The lowest BCUT2D eigenvalue weighted by Crippen LogP contribution is -2.25. The van der Waals surface area contributed by atoms with Gasteiger partial charge in [0.05, 0.1) is 5.25 Å². The molecule has 3 nitrogen and oxygen atoms in total.